The number of carbonyl (C=O) groups excluding carboxylic acids is 3. The van der Waals surface area contributed by atoms with Crippen LogP contribution in [0, 0.1) is 0 Å². The molecule has 0 saturated heterocycles. The molecule has 46 heavy (non-hydrogen) atoms. The molecule has 4 amide bonds. The molecule has 1 atom stereocenters. The number of amides is 4. The van der Waals surface area contributed by atoms with Crippen molar-refractivity contribution >= 4 is 30.2 Å². The topological polar surface area (TPSA) is 201 Å². The predicted octanol–water partition coefficient (Wildman–Crippen LogP) is 2.69. The maximum Gasteiger partial charge on any atom is 0.490 e. The number of nitrogens with zero attached hydrogens (tertiary/aromatic N) is 1. The maximum absolute atomic E-state index is 13.6. The molecule has 3 aromatic carbocycles. The Morgan fingerprint density at radius 2 is 1.28 bits per heavy atom. The van der Waals surface area contributed by atoms with Gasteiger partial charge in [0.2, 0.25) is 11.8 Å². The number of carbonyl (C=O) groups is 4. The number of halogens is 3. The number of carboxylic acid groups (broad SMARTS) is 1. The molecular formula is C31H36F3N7O5. The Morgan fingerprint density at radius 1 is 0.804 bits per heavy atom. The lowest BCUT2D eigenvalue weighted by Crippen LogP contribution is -2.48. The van der Waals surface area contributed by atoms with Crippen molar-refractivity contribution < 1.29 is 37.5 Å². The van der Waals surface area contributed by atoms with Crippen LogP contribution in [0.25, 0.3) is 0 Å². The number of aliphatic carboxylic acids is 1. The molecule has 246 valence electrons. The van der Waals surface area contributed by atoms with Crippen molar-refractivity contribution in [3.8, 4) is 0 Å². The van der Waals surface area contributed by atoms with Gasteiger partial charge in [-0.05, 0) is 35.1 Å². The normalized spacial score (nSPS) is 11.6. The molecule has 0 fully saturated rings. The van der Waals surface area contributed by atoms with E-state index in [1.54, 1.807) is 0 Å². The number of hydrazine groups is 1. The van der Waals surface area contributed by atoms with Crippen molar-refractivity contribution in [2.45, 2.75) is 44.1 Å². The number of carboxylic acids is 1. The van der Waals surface area contributed by atoms with E-state index < -0.39 is 30.1 Å². The summed E-state index contributed by atoms with van der Waals surface area (Å²) in [7, 11) is 0. The first kappa shape index (κ1) is 36.8. The van der Waals surface area contributed by atoms with Gasteiger partial charge in [0, 0.05) is 19.6 Å². The molecule has 9 N–H and O–H groups in total. The van der Waals surface area contributed by atoms with Gasteiger partial charge < -0.3 is 32.2 Å². The van der Waals surface area contributed by atoms with Crippen molar-refractivity contribution in [2.24, 2.45) is 16.6 Å². The van der Waals surface area contributed by atoms with Crippen LogP contribution in [0.4, 0.5) is 18.0 Å². The first-order chi connectivity index (χ1) is 21.9. The zero-order valence-electron chi connectivity index (χ0n) is 24.7. The third-order valence-electron chi connectivity index (χ3n) is 6.31. The van der Waals surface area contributed by atoms with Crippen LogP contribution in [0.15, 0.2) is 89.9 Å². The molecule has 0 saturated carbocycles. The largest absolute Gasteiger partial charge is 0.490 e. The summed E-state index contributed by atoms with van der Waals surface area (Å²) in [4.78, 5) is 50.8. The minimum atomic E-state index is -5.08. The molecule has 3 aromatic rings. The zero-order chi connectivity index (χ0) is 34.0. The van der Waals surface area contributed by atoms with Gasteiger partial charge in [0.25, 0.3) is 0 Å². The number of primary amides is 1. The Labute approximate surface area is 263 Å². The summed E-state index contributed by atoms with van der Waals surface area (Å²) in [6.45, 7) is 1.05. The fraction of sp³-hybridized carbons (Fsp3) is 0.258. The van der Waals surface area contributed by atoms with Crippen molar-refractivity contribution in [3.63, 3.8) is 0 Å². The summed E-state index contributed by atoms with van der Waals surface area (Å²) in [6.07, 6.45) is -2.73. The SMILES string of the molecule is NNC=NCCC[C@@H](NC(=O)C(c1ccccc1)c1ccccc1)C(=O)NCc1ccc(CNC(N)=O)cc1.O=C(O)C(F)(F)F. The number of hydrogen-bond donors (Lipinski definition) is 7. The van der Waals surface area contributed by atoms with E-state index >= 15 is 0 Å². The quantitative estimate of drug-likeness (QED) is 0.0460. The van der Waals surface area contributed by atoms with E-state index in [0.29, 0.717) is 25.9 Å². The van der Waals surface area contributed by atoms with Gasteiger partial charge in [0.05, 0.1) is 12.3 Å². The van der Waals surface area contributed by atoms with Crippen LogP contribution in [0.1, 0.15) is 41.0 Å². The highest BCUT2D eigenvalue weighted by atomic mass is 19.4. The predicted molar refractivity (Wildman–Crippen MR) is 165 cm³/mol. The fourth-order valence-corrected chi connectivity index (χ4v) is 4.09. The molecule has 15 heteroatoms. The van der Waals surface area contributed by atoms with Crippen LogP contribution in [-0.4, -0.2) is 54.0 Å². The number of urea groups is 1. The Balaban J connectivity index is 0.000000942. The van der Waals surface area contributed by atoms with E-state index in [1.165, 1.54) is 6.34 Å². The minimum absolute atomic E-state index is 0.258. The highest BCUT2D eigenvalue weighted by Gasteiger charge is 2.38. The number of nitrogens with two attached hydrogens (primary N) is 2. The second kappa shape index (κ2) is 19.1. The molecule has 0 spiro atoms. The summed E-state index contributed by atoms with van der Waals surface area (Å²) in [5, 5.41) is 15.6. The third-order valence-corrected chi connectivity index (χ3v) is 6.31. The standard InChI is InChI=1S/C29H35N7O3.C2HF3O2/c30-29(39)34-19-22-15-13-21(14-16-22)18-33-27(37)25(12-7-17-32-20-35-31)36-28(38)26(23-8-3-1-4-9-23)24-10-5-2-6-11-24;3-2(4,5)1(6)7/h1-6,8-11,13-16,20,25-26H,7,12,17-19,31H2,(H,32,35)(H,33,37)(H,36,38)(H3,30,34,39);(H,6,7)/t25-;/m1./s1. The van der Waals surface area contributed by atoms with Crippen LogP contribution < -0.4 is 33.0 Å². The van der Waals surface area contributed by atoms with Gasteiger partial charge >= 0.3 is 18.2 Å². The smallest absolute Gasteiger partial charge is 0.475 e. The molecule has 0 heterocycles. The Hall–Kier alpha value is -5.44. The molecule has 12 nitrogen and oxygen atoms in total. The average molecular weight is 644 g/mol. The minimum Gasteiger partial charge on any atom is -0.475 e. The highest BCUT2D eigenvalue weighted by molar-refractivity contribution is 5.92. The lowest BCUT2D eigenvalue weighted by atomic mass is 9.90. The van der Waals surface area contributed by atoms with Gasteiger partial charge in [0.1, 0.15) is 6.04 Å². The second-order valence-corrected chi connectivity index (χ2v) is 9.71. The average Bonchev–Trinajstić information content (AvgIpc) is 3.03. The molecule has 0 aromatic heterocycles. The second-order valence-electron chi connectivity index (χ2n) is 9.71. The van der Waals surface area contributed by atoms with Crippen LogP contribution in [0.3, 0.4) is 0 Å². The third kappa shape index (κ3) is 13.5. The van der Waals surface area contributed by atoms with E-state index in [9.17, 15) is 27.6 Å². The Kier molecular flexibility index (Phi) is 15.2. The van der Waals surface area contributed by atoms with E-state index in [1.807, 2.05) is 84.9 Å². The molecule has 3 rings (SSSR count). The first-order valence-corrected chi connectivity index (χ1v) is 14.0. The monoisotopic (exact) mass is 643 g/mol. The molecular weight excluding hydrogens is 607 g/mol. The van der Waals surface area contributed by atoms with Gasteiger partial charge in [-0.2, -0.15) is 13.2 Å². The van der Waals surface area contributed by atoms with Gasteiger partial charge in [-0.3, -0.25) is 14.6 Å². The van der Waals surface area contributed by atoms with E-state index in [-0.39, 0.29) is 18.4 Å². The van der Waals surface area contributed by atoms with Crippen LogP contribution in [0.5, 0.6) is 0 Å². The first-order valence-electron chi connectivity index (χ1n) is 14.0. The number of rotatable bonds is 14. The molecule has 0 aliphatic rings. The Bertz CT molecular complexity index is 1380. The summed E-state index contributed by atoms with van der Waals surface area (Å²) in [6, 6.07) is 25.1. The summed E-state index contributed by atoms with van der Waals surface area (Å²) >= 11 is 0. The number of nitrogens with one attached hydrogen (secondary N) is 4. The molecule has 0 aliphatic carbocycles. The van der Waals surface area contributed by atoms with Crippen LogP contribution >= 0.6 is 0 Å². The van der Waals surface area contributed by atoms with E-state index in [0.717, 1.165) is 22.3 Å². The van der Waals surface area contributed by atoms with Gasteiger partial charge in [-0.1, -0.05) is 84.9 Å². The lowest BCUT2D eigenvalue weighted by Gasteiger charge is -2.23. The number of alkyl halides is 3. The summed E-state index contributed by atoms with van der Waals surface area (Å²) in [5.41, 5.74) is 10.9. The maximum atomic E-state index is 13.6. The van der Waals surface area contributed by atoms with Gasteiger partial charge in [-0.15, -0.1) is 0 Å². The van der Waals surface area contributed by atoms with Crippen molar-refractivity contribution in [3.05, 3.63) is 107 Å². The molecule has 0 unspecified atom stereocenters. The van der Waals surface area contributed by atoms with Crippen molar-refractivity contribution in [1.82, 2.24) is 21.4 Å². The van der Waals surface area contributed by atoms with Gasteiger partial charge in [0.15, 0.2) is 0 Å². The summed E-state index contributed by atoms with van der Waals surface area (Å²) < 4.78 is 31.7. The van der Waals surface area contributed by atoms with Crippen molar-refractivity contribution in [1.29, 1.82) is 0 Å². The highest BCUT2D eigenvalue weighted by Crippen LogP contribution is 2.25. The fourth-order valence-electron chi connectivity index (χ4n) is 4.09. The van der Waals surface area contributed by atoms with E-state index in [2.05, 4.69) is 26.4 Å². The van der Waals surface area contributed by atoms with Crippen LogP contribution in [0.2, 0.25) is 0 Å². The number of aliphatic imine (C=N–C) groups is 1. The van der Waals surface area contributed by atoms with Gasteiger partial charge in [-0.25, -0.2) is 15.4 Å². The van der Waals surface area contributed by atoms with Crippen LogP contribution in [-0.2, 0) is 27.5 Å². The zero-order valence-corrected chi connectivity index (χ0v) is 24.7. The number of benzene rings is 3. The molecule has 0 bridgehead atoms. The van der Waals surface area contributed by atoms with Crippen molar-refractivity contribution in [2.75, 3.05) is 6.54 Å². The van der Waals surface area contributed by atoms with E-state index in [4.69, 9.17) is 21.5 Å². The lowest BCUT2D eigenvalue weighted by molar-refractivity contribution is -0.192. The molecule has 0 radical (unpaired) electrons. The molecule has 0 aliphatic heterocycles. The Morgan fingerprint density at radius 3 is 1.72 bits per heavy atom. The summed E-state index contributed by atoms with van der Waals surface area (Å²) in [5.74, 6) is 1.35. The number of hydrogen-bond acceptors (Lipinski definition) is 6.